The summed E-state index contributed by atoms with van der Waals surface area (Å²) in [5.74, 6) is 0.0883. The number of unbranched alkanes of at least 4 members (excludes halogenated alkanes) is 2. The Morgan fingerprint density at radius 2 is 2.30 bits per heavy atom. The molecular weight excluding hydrogens is 194 g/mol. The largest absolute Gasteiger partial charge is 0.341 e. The summed E-state index contributed by atoms with van der Waals surface area (Å²) in [5, 5.41) is 2.56. The highest BCUT2D eigenvalue weighted by molar-refractivity contribution is 9.10. The minimum absolute atomic E-state index is 0.0883. The molecule has 0 unspecified atom stereocenters. The third kappa shape index (κ3) is 6.08. The highest BCUT2D eigenvalue weighted by Crippen LogP contribution is 1.98. The van der Waals surface area contributed by atoms with Gasteiger partial charge in [0.25, 0.3) is 0 Å². The van der Waals surface area contributed by atoms with Crippen molar-refractivity contribution in [1.82, 2.24) is 5.32 Å². The van der Waals surface area contributed by atoms with Crippen molar-refractivity contribution in [2.24, 2.45) is 0 Å². The fourth-order valence-electron chi connectivity index (χ4n) is 0.669. The molecule has 0 saturated carbocycles. The molecule has 1 radical (unpaired) electrons. The molecule has 0 rings (SSSR count). The summed E-state index contributed by atoms with van der Waals surface area (Å²) in [6, 6.07) is 0. The van der Waals surface area contributed by atoms with Crippen molar-refractivity contribution >= 4 is 21.8 Å². The first kappa shape index (κ1) is 9.95. The normalized spacial score (nSPS) is 9.40. The summed E-state index contributed by atoms with van der Waals surface area (Å²) in [6.07, 6.45) is 3.92. The highest BCUT2D eigenvalue weighted by Gasteiger charge is 1.96. The van der Waals surface area contributed by atoms with Crippen molar-refractivity contribution in [3.8, 4) is 0 Å². The van der Waals surface area contributed by atoms with Crippen LogP contribution in [0, 0.1) is 5.45 Å². The Balaban J connectivity index is 3.05. The highest BCUT2D eigenvalue weighted by atomic mass is 79.9. The zero-order valence-electron chi connectivity index (χ0n) is 6.19. The van der Waals surface area contributed by atoms with E-state index in [0.717, 1.165) is 19.3 Å². The second-order valence-electron chi connectivity index (χ2n) is 2.13. The van der Waals surface area contributed by atoms with E-state index < -0.39 is 0 Å². The maximum Gasteiger partial charge on any atom is 0.220 e. The topological polar surface area (TPSA) is 29.1 Å². The predicted molar refractivity (Wildman–Crippen MR) is 45.5 cm³/mol. The number of carbonyl (C=O) groups excluding carboxylic acids is 1. The lowest BCUT2D eigenvalue weighted by atomic mass is 10.2. The van der Waals surface area contributed by atoms with E-state index in [1.54, 1.807) is 0 Å². The molecule has 0 aromatic heterocycles. The van der Waals surface area contributed by atoms with Crippen molar-refractivity contribution in [1.29, 1.82) is 0 Å². The molecule has 0 aromatic rings. The molecular formula is C7H13BrNO. The van der Waals surface area contributed by atoms with E-state index in [4.69, 9.17) is 0 Å². The Labute approximate surface area is 70.5 Å². The van der Waals surface area contributed by atoms with Gasteiger partial charge in [0.15, 0.2) is 0 Å². The molecule has 1 N–H and O–H groups in total. The van der Waals surface area contributed by atoms with Gasteiger partial charge in [-0.25, -0.2) is 0 Å². The van der Waals surface area contributed by atoms with Gasteiger partial charge >= 0.3 is 0 Å². The summed E-state index contributed by atoms with van der Waals surface area (Å²) in [6.45, 7) is 2.12. The van der Waals surface area contributed by atoms with Crippen molar-refractivity contribution < 1.29 is 4.79 Å². The average Bonchev–Trinajstić information content (AvgIpc) is 1.89. The van der Waals surface area contributed by atoms with E-state index in [0.29, 0.717) is 6.42 Å². The van der Waals surface area contributed by atoms with Crippen molar-refractivity contribution in [3.63, 3.8) is 0 Å². The molecule has 2 nitrogen and oxygen atoms in total. The van der Waals surface area contributed by atoms with E-state index >= 15 is 0 Å². The van der Waals surface area contributed by atoms with Crippen LogP contribution in [-0.4, -0.2) is 5.91 Å². The fourth-order valence-corrected chi connectivity index (χ4v) is 0.924. The lowest BCUT2D eigenvalue weighted by molar-refractivity contribution is -0.120. The van der Waals surface area contributed by atoms with E-state index in [9.17, 15) is 4.79 Å². The molecule has 0 aliphatic carbocycles. The van der Waals surface area contributed by atoms with E-state index in [-0.39, 0.29) is 5.91 Å². The molecule has 10 heavy (non-hydrogen) atoms. The lowest BCUT2D eigenvalue weighted by Gasteiger charge is -1.98. The van der Waals surface area contributed by atoms with E-state index in [1.807, 2.05) is 0 Å². The van der Waals surface area contributed by atoms with Gasteiger partial charge in [-0.3, -0.25) is 4.79 Å². The Morgan fingerprint density at radius 1 is 1.60 bits per heavy atom. The monoisotopic (exact) mass is 206 g/mol. The third-order valence-corrected chi connectivity index (χ3v) is 1.45. The van der Waals surface area contributed by atoms with Crippen LogP contribution >= 0.6 is 15.9 Å². The molecule has 1 amide bonds. The van der Waals surface area contributed by atoms with Gasteiger partial charge in [-0.1, -0.05) is 35.7 Å². The van der Waals surface area contributed by atoms with Crippen LogP contribution < -0.4 is 5.32 Å². The van der Waals surface area contributed by atoms with Crippen LogP contribution in [0.3, 0.4) is 0 Å². The van der Waals surface area contributed by atoms with Gasteiger partial charge in [0.05, 0.1) is 0 Å². The second-order valence-corrected chi connectivity index (χ2v) is 2.59. The third-order valence-electron chi connectivity index (χ3n) is 1.22. The molecule has 0 bridgehead atoms. The van der Waals surface area contributed by atoms with Gasteiger partial charge in [-0.15, -0.1) is 0 Å². The van der Waals surface area contributed by atoms with E-state index in [2.05, 4.69) is 28.2 Å². The zero-order valence-corrected chi connectivity index (χ0v) is 7.78. The molecule has 0 aliphatic heterocycles. The number of halogens is 1. The number of amides is 1. The van der Waals surface area contributed by atoms with E-state index in [1.165, 1.54) is 5.45 Å². The van der Waals surface area contributed by atoms with Crippen molar-refractivity contribution in [3.05, 3.63) is 5.45 Å². The first-order chi connectivity index (χ1) is 4.81. The van der Waals surface area contributed by atoms with Gasteiger partial charge in [-0.05, 0) is 6.42 Å². The first-order valence-corrected chi connectivity index (χ1v) is 4.44. The molecule has 3 heteroatoms. The molecule has 0 atom stereocenters. The van der Waals surface area contributed by atoms with Gasteiger partial charge in [-0.2, -0.15) is 0 Å². The van der Waals surface area contributed by atoms with Crippen LogP contribution in [0.1, 0.15) is 32.6 Å². The molecule has 0 aromatic carbocycles. The minimum Gasteiger partial charge on any atom is -0.341 e. The summed E-state index contributed by atoms with van der Waals surface area (Å²) in [7, 11) is 0. The predicted octanol–water partition coefficient (Wildman–Crippen LogP) is 2.20. The standard InChI is InChI=1S/C7H13BrNO/c1-2-3-4-5-7(10)9-6-8/h6H,2-5H2,1H3,(H,9,10). The summed E-state index contributed by atoms with van der Waals surface area (Å²) in [4.78, 5) is 10.7. The summed E-state index contributed by atoms with van der Waals surface area (Å²) in [5.41, 5.74) is 1.49. The molecule has 0 saturated heterocycles. The van der Waals surface area contributed by atoms with Crippen LogP contribution in [0.5, 0.6) is 0 Å². The summed E-state index contributed by atoms with van der Waals surface area (Å²) < 4.78 is 0. The minimum atomic E-state index is 0.0883. The van der Waals surface area contributed by atoms with Crippen LogP contribution in [-0.2, 0) is 4.79 Å². The quantitative estimate of drug-likeness (QED) is 0.543. The lowest BCUT2D eigenvalue weighted by Crippen LogP contribution is -2.17. The molecule has 0 aliphatic rings. The van der Waals surface area contributed by atoms with Crippen LogP contribution in [0.15, 0.2) is 0 Å². The Hall–Kier alpha value is -0.0500. The fraction of sp³-hybridized carbons (Fsp3) is 0.714. The van der Waals surface area contributed by atoms with Crippen molar-refractivity contribution in [2.75, 3.05) is 0 Å². The van der Waals surface area contributed by atoms with Crippen LogP contribution in [0.2, 0.25) is 0 Å². The van der Waals surface area contributed by atoms with Crippen LogP contribution in [0.4, 0.5) is 0 Å². The number of hydrogen-bond donors (Lipinski definition) is 1. The van der Waals surface area contributed by atoms with Crippen LogP contribution in [0.25, 0.3) is 0 Å². The van der Waals surface area contributed by atoms with Gasteiger partial charge < -0.3 is 5.32 Å². The molecule has 0 heterocycles. The Kier molecular flexibility index (Phi) is 7.03. The number of hydrogen-bond acceptors (Lipinski definition) is 1. The van der Waals surface area contributed by atoms with Crippen molar-refractivity contribution in [2.45, 2.75) is 32.6 Å². The molecule has 0 fully saturated rings. The maximum atomic E-state index is 10.7. The summed E-state index contributed by atoms with van der Waals surface area (Å²) >= 11 is 3.00. The van der Waals surface area contributed by atoms with Gasteiger partial charge in [0.1, 0.15) is 5.45 Å². The molecule has 59 valence electrons. The zero-order chi connectivity index (χ0) is 7.82. The SMILES string of the molecule is CCCCCC(=O)N[CH]Br. The number of rotatable bonds is 5. The maximum absolute atomic E-state index is 10.7. The Bertz CT molecular complexity index is 95.6. The Morgan fingerprint density at radius 3 is 2.80 bits per heavy atom. The second kappa shape index (κ2) is 7.06. The molecule has 0 spiro atoms. The smallest absolute Gasteiger partial charge is 0.220 e. The number of nitrogens with one attached hydrogen (secondary N) is 1. The van der Waals surface area contributed by atoms with Gasteiger partial charge in [0, 0.05) is 6.42 Å². The number of carbonyl (C=O) groups is 1. The van der Waals surface area contributed by atoms with Gasteiger partial charge in [0.2, 0.25) is 5.91 Å². The average molecular weight is 207 g/mol. The first-order valence-electron chi connectivity index (χ1n) is 3.52.